The summed E-state index contributed by atoms with van der Waals surface area (Å²) < 4.78 is 56.8. The van der Waals surface area contributed by atoms with Crippen molar-refractivity contribution in [2.45, 2.75) is 12.2 Å². The molecule has 0 unspecified atom stereocenters. The minimum absolute atomic E-state index is 0.0332. The highest BCUT2D eigenvalue weighted by Crippen LogP contribution is 2.24. The Balaban J connectivity index is 2.09. The topological polar surface area (TPSA) is 87.9 Å². The van der Waals surface area contributed by atoms with Gasteiger partial charge in [0.15, 0.2) is 0 Å². The Morgan fingerprint density at radius 1 is 1.44 bits per heavy atom. The van der Waals surface area contributed by atoms with Crippen molar-refractivity contribution in [3.05, 3.63) is 24.0 Å². The number of ether oxygens (including phenoxy) is 1. The first-order chi connectivity index (χ1) is 12.6. The van der Waals surface area contributed by atoms with Crippen molar-refractivity contribution in [2.75, 3.05) is 50.1 Å². The highest BCUT2D eigenvalue weighted by molar-refractivity contribution is 5.97. The summed E-state index contributed by atoms with van der Waals surface area (Å²) in [7, 11) is 1.12. The van der Waals surface area contributed by atoms with E-state index in [0.29, 0.717) is 0 Å². The molecule has 1 aromatic carbocycles. The molecule has 0 aliphatic carbocycles. The number of anilines is 2. The molecule has 27 heavy (non-hydrogen) atoms. The number of amides is 2. The van der Waals surface area contributed by atoms with Crippen molar-refractivity contribution >= 4 is 23.2 Å². The lowest BCUT2D eigenvalue weighted by molar-refractivity contribution is -0.150. The molecule has 0 spiro atoms. The molecule has 0 bridgehead atoms. The zero-order valence-electron chi connectivity index (χ0n) is 14.6. The van der Waals surface area contributed by atoms with Crippen LogP contribution in [0.5, 0.6) is 0 Å². The first-order valence-corrected chi connectivity index (χ1v) is 8.08. The largest absolute Gasteiger partial charge is 0.401 e. The number of hydrogen-bond acceptors (Lipinski definition) is 5. The van der Waals surface area contributed by atoms with Gasteiger partial charge in [0.2, 0.25) is 5.91 Å². The van der Waals surface area contributed by atoms with Crippen molar-refractivity contribution in [1.82, 2.24) is 4.90 Å². The van der Waals surface area contributed by atoms with E-state index in [9.17, 15) is 27.2 Å². The van der Waals surface area contributed by atoms with Gasteiger partial charge in [-0.15, -0.1) is 0 Å². The van der Waals surface area contributed by atoms with E-state index in [4.69, 9.17) is 10.5 Å². The van der Waals surface area contributed by atoms with Crippen LogP contribution in [0, 0.1) is 5.82 Å². The molecule has 2 amide bonds. The second-order valence-electron chi connectivity index (χ2n) is 6.04. The van der Waals surface area contributed by atoms with Crippen LogP contribution in [-0.2, 0) is 14.3 Å². The third kappa shape index (κ3) is 5.62. The first-order valence-electron chi connectivity index (χ1n) is 8.08. The second kappa shape index (κ2) is 8.63. The number of halogens is 4. The Kier molecular flexibility index (Phi) is 6.73. The predicted molar refractivity (Wildman–Crippen MR) is 89.7 cm³/mol. The van der Waals surface area contributed by atoms with Gasteiger partial charge in [-0.25, -0.2) is 4.39 Å². The van der Waals surface area contributed by atoms with Gasteiger partial charge in [0, 0.05) is 18.8 Å². The fraction of sp³-hybridized carbons (Fsp3) is 0.500. The zero-order chi connectivity index (χ0) is 20.2. The Hall–Kier alpha value is -2.24. The average Bonchev–Trinajstić information content (AvgIpc) is 2.55. The van der Waals surface area contributed by atoms with Crippen LogP contribution in [0.4, 0.5) is 28.9 Å². The number of likely N-dealkylation sites (N-methyl/N-ethyl adjacent to an activating group) is 1. The number of morpholine rings is 1. The minimum atomic E-state index is -4.49. The van der Waals surface area contributed by atoms with Gasteiger partial charge in [-0.1, -0.05) is 0 Å². The van der Waals surface area contributed by atoms with Crippen LogP contribution in [0.25, 0.3) is 0 Å². The fourth-order valence-corrected chi connectivity index (χ4v) is 2.68. The summed E-state index contributed by atoms with van der Waals surface area (Å²) in [5.74, 6) is -1.94. The van der Waals surface area contributed by atoms with Crippen LogP contribution in [0.3, 0.4) is 0 Å². The van der Waals surface area contributed by atoms with Gasteiger partial charge in [0.05, 0.1) is 18.8 Å². The number of nitrogens with one attached hydrogen (secondary N) is 1. The number of rotatable bonds is 6. The van der Waals surface area contributed by atoms with Crippen LogP contribution in [-0.4, -0.2) is 68.8 Å². The van der Waals surface area contributed by atoms with Gasteiger partial charge in [0.1, 0.15) is 18.5 Å². The van der Waals surface area contributed by atoms with Crippen molar-refractivity contribution in [1.29, 1.82) is 0 Å². The van der Waals surface area contributed by atoms with Crippen molar-refractivity contribution in [3.63, 3.8) is 0 Å². The van der Waals surface area contributed by atoms with E-state index in [2.05, 4.69) is 5.32 Å². The molecule has 0 aromatic heterocycles. The van der Waals surface area contributed by atoms with Gasteiger partial charge < -0.3 is 20.7 Å². The Labute approximate surface area is 153 Å². The molecule has 11 heteroatoms. The fourth-order valence-electron chi connectivity index (χ4n) is 2.68. The maximum Gasteiger partial charge on any atom is 0.401 e. The predicted octanol–water partition coefficient (Wildman–Crippen LogP) is 0.949. The average molecular weight is 392 g/mol. The Morgan fingerprint density at radius 3 is 2.70 bits per heavy atom. The lowest BCUT2D eigenvalue weighted by Crippen LogP contribution is -2.49. The maximum atomic E-state index is 14.4. The highest BCUT2D eigenvalue weighted by atomic mass is 19.4. The van der Waals surface area contributed by atoms with E-state index in [1.165, 1.54) is 17.0 Å². The van der Waals surface area contributed by atoms with Gasteiger partial charge in [-0.3, -0.25) is 14.5 Å². The summed E-state index contributed by atoms with van der Waals surface area (Å²) in [6, 6.07) is 2.42. The summed E-state index contributed by atoms with van der Waals surface area (Å²) in [6.45, 7) is -1.34. The molecule has 7 nitrogen and oxygen atoms in total. The van der Waals surface area contributed by atoms with E-state index in [1.807, 2.05) is 0 Å². The van der Waals surface area contributed by atoms with E-state index in [1.54, 1.807) is 0 Å². The summed E-state index contributed by atoms with van der Waals surface area (Å²) in [4.78, 5) is 26.0. The monoisotopic (exact) mass is 392 g/mol. The summed E-state index contributed by atoms with van der Waals surface area (Å²) >= 11 is 0. The first kappa shape index (κ1) is 21.1. The third-order valence-electron chi connectivity index (χ3n) is 3.98. The Bertz CT molecular complexity index is 699. The van der Waals surface area contributed by atoms with Crippen LogP contribution in [0.15, 0.2) is 18.2 Å². The molecule has 3 N–H and O–H groups in total. The van der Waals surface area contributed by atoms with Gasteiger partial charge in [0.25, 0.3) is 5.91 Å². The molecule has 150 valence electrons. The zero-order valence-corrected chi connectivity index (χ0v) is 14.6. The lowest BCUT2D eigenvalue weighted by atomic mass is 10.2. The summed E-state index contributed by atoms with van der Waals surface area (Å²) in [6.07, 6.45) is -4.49. The number of carbonyl (C=O) groups excluding carboxylic acids is 2. The van der Waals surface area contributed by atoms with Crippen molar-refractivity contribution in [2.24, 2.45) is 5.73 Å². The minimum Gasteiger partial charge on any atom is -0.370 e. The van der Waals surface area contributed by atoms with E-state index < -0.39 is 36.4 Å². The number of alkyl halides is 3. The van der Waals surface area contributed by atoms with Gasteiger partial charge >= 0.3 is 6.18 Å². The molecular formula is C16H20F4N4O3. The molecule has 2 rings (SSSR count). The lowest BCUT2D eigenvalue weighted by Gasteiger charge is -2.28. The molecule has 1 aliphatic rings. The molecular weight excluding hydrogens is 372 g/mol. The molecule has 0 radical (unpaired) electrons. The normalized spacial score (nSPS) is 16.6. The molecule has 0 saturated carbocycles. The number of nitrogens with zero attached hydrogens (tertiary/aromatic N) is 2. The number of hydrogen-bond donors (Lipinski definition) is 2. The van der Waals surface area contributed by atoms with Crippen LogP contribution >= 0.6 is 0 Å². The number of carbonyl (C=O) groups is 2. The van der Waals surface area contributed by atoms with Crippen molar-refractivity contribution < 1.29 is 31.9 Å². The standard InChI is InChI=1S/C16H20F4N4O3/c1-23(9-16(18,19)20)13(7-21)15(26)22-10-2-3-12(11(17)6-10)24-4-5-27-8-14(24)25/h2-3,6,13H,4-5,7-9,21H2,1H3,(H,22,26)/t13-/m1/s1. The quantitative estimate of drug-likeness (QED) is 0.704. The smallest absolute Gasteiger partial charge is 0.370 e. The van der Waals surface area contributed by atoms with E-state index in [-0.39, 0.29) is 37.7 Å². The maximum absolute atomic E-state index is 14.4. The highest BCUT2D eigenvalue weighted by Gasteiger charge is 2.34. The molecule has 1 heterocycles. The molecule has 1 saturated heterocycles. The summed E-state index contributed by atoms with van der Waals surface area (Å²) in [5.41, 5.74) is 5.49. The Morgan fingerprint density at radius 2 is 2.15 bits per heavy atom. The SMILES string of the molecule is CN(CC(F)(F)F)[C@H](CN)C(=O)Nc1ccc(N2CCOCC2=O)c(F)c1. The van der Waals surface area contributed by atoms with E-state index in [0.717, 1.165) is 18.0 Å². The van der Waals surface area contributed by atoms with Crippen molar-refractivity contribution in [3.8, 4) is 0 Å². The second-order valence-corrected chi connectivity index (χ2v) is 6.04. The number of benzene rings is 1. The summed E-state index contributed by atoms with van der Waals surface area (Å²) in [5, 5.41) is 2.35. The van der Waals surface area contributed by atoms with Crippen LogP contribution in [0.1, 0.15) is 0 Å². The van der Waals surface area contributed by atoms with Crippen LogP contribution in [0.2, 0.25) is 0 Å². The number of nitrogens with two attached hydrogens (primary N) is 1. The van der Waals surface area contributed by atoms with Crippen LogP contribution < -0.4 is 16.0 Å². The molecule has 1 aromatic rings. The third-order valence-corrected chi connectivity index (χ3v) is 3.98. The molecule has 1 aliphatic heterocycles. The van der Waals surface area contributed by atoms with E-state index >= 15 is 0 Å². The van der Waals surface area contributed by atoms with Gasteiger partial charge in [-0.2, -0.15) is 13.2 Å². The molecule has 1 atom stereocenters. The molecule has 1 fully saturated rings. The van der Waals surface area contributed by atoms with Gasteiger partial charge in [-0.05, 0) is 25.2 Å².